The molecule has 9 nitrogen and oxygen atoms in total. The van der Waals surface area contributed by atoms with Gasteiger partial charge in [-0.25, -0.2) is 0 Å². The van der Waals surface area contributed by atoms with Crippen LogP contribution in [0.4, 0.5) is 5.69 Å². The first-order chi connectivity index (χ1) is 13.0. The number of carbonyl (C=O) groups is 2. The molecule has 0 aromatic heterocycles. The van der Waals surface area contributed by atoms with Crippen LogP contribution in [-0.2, 0) is 9.59 Å². The van der Waals surface area contributed by atoms with Crippen LogP contribution in [0.15, 0.2) is 29.4 Å². The van der Waals surface area contributed by atoms with E-state index in [1.165, 1.54) is 26.4 Å². The lowest BCUT2D eigenvalue weighted by Crippen LogP contribution is -2.28. The summed E-state index contributed by atoms with van der Waals surface area (Å²) in [5, 5.41) is 16.2. The minimum Gasteiger partial charge on any atom is -0.493 e. The van der Waals surface area contributed by atoms with Crippen molar-refractivity contribution in [2.24, 2.45) is 28.8 Å². The van der Waals surface area contributed by atoms with Crippen molar-refractivity contribution in [3.05, 3.63) is 40.0 Å². The van der Waals surface area contributed by atoms with Crippen LogP contribution in [0.2, 0.25) is 0 Å². The van der Waals surface area contributed by atoms with Gasteiger partial charge in [-0.3, -0.25) is 19.7 Å². The summed E-state index contributed by atoms with van der Waals surface area (Å²) >= 11 is 0. The molecule has 4 atom stereocenters. The van der Waals surface area contributed by atoms with Crippen LogP contribution in [-0.4, -0.2) is 42.2 Å². The zero-order chi connectivity index (χ0) is 19.3. The summed E-state index contributed by atoms with van der Waals surface area (Å²) in [5.41, 5.74) is -0.158. The van der Waals surface area contributed by atoms with E-state index in [1.807, 2.05) is 12.2 Å². The molecule has 4 rings (SSSR count). The number of hydrogen-bond donors (Lipinski definition) is 0. The number of methoxy groups -OCH3 is 2. The predicted molar refractivity (Wildman–Crippen MR) is 93.4 cm³/mol. The highest BCUT2D eigenvalue weighted by atomic mass is 16.6. The molecule has 27 heavy (non-hydrogen) atoms. The number of imide groups is 1. The zero-order valence-corrected chi connectivity index (χ0v) is 14.7. The minimum absolute atomic E-state index is 0.0760. The Hall–Kier alpha value is -3.23. The molecule has 1 aromatic rings. The highest BCUT2D eigenvalue weighted by Gasteiger charge is 2.59. The number of nitro groups is 1. The second-order valence-electron chi connectivity index (χ2n) is 6.76. The minimum atomic E-state index is -0.587. The maximum absolute atomic E-state index is 12.6. The van der Waals surface area contributed by atoms with Gasteiger partial charge in [0, 0.05) is 0 Å². The van der Waals surface area contributed by atoms with Gasteiger partial charge in [0.1, 0.15) is 0 Å². The molecule has 1 aliphatic heterocycles. The standard InChI is InChI=1S/C18H17N3O6/c1-26-13-6-11(12(21(24)25)7-14(13)27-2)8-19-20-17(22)15-9-3-4-10(5-9)16(15)18(20)23/h3-4,6-10,15-16H,5H2,1-2H3/b19-8-/t9-,10-,15-,16-/m0/s1. The number of nitro benzene ring substituents is 1. The molecular formula is C18H17N3O6. The number of rotatable bonds is 5. The largest absolute Gasteiger partial charge is 0.493 e. The van der Waals surface area contributed by atoms with Crippen molar-refractivity contribution in [1.29, 1.82) is 0 Å². The van der Waals surface area contributed by atoms with E-state index in [0.29, 0.717) is 0 Å². The second-order valence-corrected chi connectivity index (χ2v) is 6.76. The smallest absolute Gasteiger partial charge is 0.282 e. The Labute approximate surface area is 154 Å². The SMILES string of the molecule is COc1cc(/C=N\N2C(=O)[C@@H]3[C@@H](C2=O)[C@H]2C=C[C@H]3C2)c([N+](=O)[O-])cc1OC. The molecule has 2 amide bonds. The predicted octanol–water partition coefficient (Wildman–Crippen LogP) is 1.75. The van der Waals surface area contributed by atoms with Crippen molar-refractivity contribution in [3.63, 3.8) is 0 Å². The average Bonchev–Trinajstić information content (AvgIpc) is 3.34. The lowest BCUT2D eigenvalue weighted by atomic mass is 9.85. The highest BCUT2D eigenvalue weighted by Crippen LogP contribution is 2.52. The maximum atomic E-state index is 12.6. The molecule has 1 saturated heterocycles. The number of hydrogen-bond acceptors (Lipinski definition) is 7. The van der Waals surface area contributed by atoms with E-state index in [9.17, 15) is 19.7 Å². The lowest BCUT2D eigenvalue weighted by molar-refractivity contribution is -0.385. The molecule has 1 saturated carbocycles. The van der Waals surface area contributed by atoms with Gasteiger partial charge in [-0.05, 0) is 24.3 Å². The van der Waals surface area contributed by atoms with Gasteiger partial charge in [0.15, 0.2) is 11.5 Å². The molecular weight excluding hydrogens is 354 g/mol. The average molecular weight is 371 g/mol. The number of benzene rings is 1. The van der Waals surface area contributed by atoms with Crippen LogP contribution >= 0.6 is 0 Å². The summed E-state index contributed by atoms with van der Waals surface area (Å²) in [6.45, 7) is 0. The fourth-order valence-electron chi connectivity index (χ4n) is 4.27. The van der Waals surface area contributed by atoms with E-state index < -0.39 is 4.92 Å². The van der Waals surface area contributed by atoms with Gasteiger partial charge >= 0.3 is 0 Å². The van der Waals surface area contributed by atoms with Crippen LogP contribution < -0.4 is 9.47 Å². The van der Waals surface area contributed by atoms with E-state index >= 15 is 0 Å². The van der Waals surface area contributed by atoms with E-state index in [2.05, 4.69) is 5.10 Å². The van der Waals surface area contributed by atoms with Crippen LogP contribution in [0.1, 0.15) is 12.0 Å². The van der Waals surface area contributed by atoms with Crippen LogP contribution in [0.25, 0.3) is 0 Å². The van der Waals surface area contributed by atoms with Crippen molar-refractivity contribution in [3.8, 4) is 11.5 Å². The molecule has 9 heteroatoms. The summed E-state index contributed by atoms with van der Waals surface area (Å²) in [5.74, 6) is -0.800. The van der Waals surface area contributed by atoms with E-state index in [-0.39, 0.29) is 58.2 Å². The Bertz CT molecular complexity index is 879. The van der Waals surface area contributed by atoms with Crippen molar-refractivity contribution in [2.75, 3.05) is 14.2 Å². The topological polar surface area (TPSA) is 111 Å². The maximum Gasteiger partial charge on any atom is 0.282 e. The van der Waals surface area contributed by atoms with Gasteiger partial charge in [-0.1, -0.05) is 12.2 Å². The zero-order valence-electron chi connectivity index (χ0n) is 14.7. The number of ether oxygens (including phenoxy) is 2. The van der Waals surface area contributed by atoms with E-state index in [1.54, 1.807) is 0 Å². The number of allylic oxidation sites excluding steroid dienone is 2. The van der Waals surface area contributed by atoms with Crippen molar-refractivity contribution in [1.82, 2.24) is 5.01 Å². The quantitative estimate of drug-likeness (QED) is 0.256. The first kappa shape index (κ1) is 17.2. The number of carbonyl (C=O) groups excluding carboxylic acids is 2. The van der Waals surface area contributed by atoms with Crippen LogP contribution in [0, 0.1) is 33.8 Å². The Morgan fingerprint density at radius 2 is 1.67 bits per heavy atom. The van der Waals surface area contributed by atoms with Crippen LogP contribution in [0.5, 0.6) is 11.5 Å². The third kappa shape index (κ3) is 2.49. The van der Waals surface area contributed by atoms with Crippen LogP contribution in [0.3, 0.4) is 0 Å². The fourth-order valence-corrected chi connectivity index (χ4v) is 4.27. The molecule has 2 fully saturated rings. The number of nitrogens with zero attached hydrogens (tertiary/aromatic N) is 3. The normalized spacial score (nSPS) is 28.3. The van der Waals surface area contributed by atoms with Gasteiger partial charge < -0.3 is 9.47 Å². The summed E-state index contributed by atoms with van der Waals surface area (Å²) in [6.07, 6.45) is 5.95. The molecule has 1 aromatic carbocycles. The Morgan fingerprint density at radius 3 is 2.19 bits per heavy atom. The van der Waals surface area contributed by atoms with Gasteiger partial charge in [0.2, 0.25) is 0 Å². The Kier molecular flexibility index (Phi) is 3.94. The first-order valence-corrected chi connectivity index (χ1v) is 8.46. The number of amides is 2. The third-order valence-corrected chi connectivity index (χ3v) is 5.49. The monoisotopic (exact) mass is 371 g/mol. The Morgan fingerprint density at radius 1 is 1.11 bits per heavy atom. The van der Waals surface area contributed by atoms with Crippen molar-refractivity contribution < 1.29 is 24.0 Å². The number of fused-ring (bicyclic) bond motifs is 5. The molecule has 2 bridgehead atoms. The lowest BCUT2D eigenvalue weighted by Gasteiger charge is -2.13. The first-order valence-electron chi connectivity index (χ1n) is 8.46. The number of hydrazone groups is 1. The van der Waals surface area contributed by atoms with Gasteiger partial charge in [0.25, 0.3) is 17.5 Å². The van der Waals surface area contributed by atoms with Gasteiger partial charge in [-0.15, -0.1) is 0 Å². The summed E-state index contributed by atoms with van der Waals surface area (Å²) in [7, 11) is 2.78. The molecule has 140 valence electrons. The molecule has 2 aliphatic carbocycles. The highest BCUT2D eigenvalue weighted by molar-refractivity contribution is 6.07. The molecule has 3 aliphatic rings. The molecule has 0 N–H and O–H groups in total. The van der Waals surface area contributed by atoms with E-state index in [4.69, 9.17) is 9.47 Å². The second kappa shape index (κ2) is 6.19. The summed E-state index contributed by atoms with van der Waals surface area (Å²) in [6, 6.07) is 2.60. The van der Waals surface area contributed by atoms with E-state index in [0.717, 1.165) is 17.6 Å². The summed E-state index contributed by atoms with van der Waals surface area (Å²) < 4.78 is 10.2. The van der Waals surface area contributed by atoms with Crippen molar-refractivity contribution >= 4 is 23.7 Å². The molecule has 1 heterocycles. The third-order valence-electron chi connectivity index (χ3n) is 5.49. The summed E-state index contributed by atoms with van der Waals surface area (Å²) in [4.78, 5) is 36.0. The fraction of sp³-hybridized carbons (Fsp3) is 0.389. The molecule has 0 radical (unpaired) electrons. The Balaban J connectivity index is 1.66. The van der Waals surface area contributed by atoms with Gasteiger partial charge in [0.05, 0.1) is 48.8 Å². The molecule has 0 spiro atoms. The van der Waals surface area contributed by atoms with Crippen molar-refractivity contribution in [2.45, 2.75) is 6.42 Å². The molecule has 0 unspecified atom stereocenters. The van der Waals surface area contributed by atoms with Gasteiger partial charge in [-0.2, -0.15) is 10.1 Å².